The van der Waals surface area contributed by atoms with Crippen LogP contribution in [0.15, 0.2) is 24.3 Å². The van der Waals surface area contributed by atoms with E-state index in [1.54, 1.807) is 0 Å². The Labute approximate surface area is 182 Å². The fraction of sp³-hybridized carbons (Fsp3) is 0.720. The molecule has 2 aliphatic rings. The zero-order chi connectivity index (χ0) is 21.4. The maximum atomic E-state index is 13.0. The summed E-state index contributed by atoms with van der Waals surface area (Å²) in [7, 11) is 0. The number of likely N-dealkylation sites (tertiary alicyclic amines) is 1. The Balaban J connectivity index is 1.46. The Hall–Kier alpha value is -1.59. The molecule has 1 heterocycles. The van der Waals surface area contributed by atoms with Gasteiger partial charge in [0.2, 0.25) is 0 Å². The van der Waals surface area contributed by atoms with Crippen LogP contribution in [0.2, 0.25) is 0 Å². The smallest absolute Gasteiger partial charge is 0.256 e. The van der Waals surface area contributed by atoms with E-state index in [1.165, 1.54) is 32.2 Å². The van der Waals surface area contributed by atoms with Crippen molar-refractivity contribution in [3.8, 4) is 5.75 Å². The summed E-state index contributed by atoms with van der Waals surface area (Å²) in [6, 6.07) is 8.43. The number of nitrogens with one attached hydrogen (secondary N) is 1. The molecule has 1 saturated carbocycles. The minimum absolute atomic E-state index is 0.0137. The molecule has 0 radical (unpaired) electrons. The van der Waals surface area contributed by atoms with Crippen LogP contribution in [-0.2, 0) is 9.53 Å². The number of piperidine rings is 1. The quantitative estimate of drug-likeness (QED) is 0.558. The summed E-state index contributed by atoms with van der Waals surface area (Å²) in [6.07, 6.45) is 8.85. The molecule has 1 aromatic carbocycles. The van der Waals surface area contributed by atoms with Gasteiger partial charge < -0.3 is 19.7 Å². The van der Waals surface area contributed by atoms with Crippen LogP contribution >= 0.6 is 0 Å². The van der Waals surface area contributed by atoms with Gasteiger partial charge >= 0.3 is 0 Å². The van der Waals surface area contributed by atoms with E-state index in [9.17, 15) is 4.79 Å². The van der Waals surface area contributed by atoms with Gasteiger partial charge in [-0.1, -0.05) is 19.8 Å². The Morgan fingerprint density at radius 3 is 2.67 bits per heavy atom. The van der Waals surface area contributed by atoms with Crippen molar-refractivity contribution in [2.75, 3.05) is 31.6 Å². The van der Waals surface area contributed by atoms with Crippen LogP contribution in [0.5, 0.6) is 5.75 Å². The topological polar surface area (TPSA) is 50.8 Å². The summed E-state index contributed by atoms with van der Waals surface area (Å²) in [5.74, 6) is 1.35. The lowest BCUT2D eigenvalue weighted by molar-refractivity contribution is -0.147. The van der Waals surface area contributed by atoms with E-state index in [2.05, 4.69) is 24.1 Å². The van der Waals surface area contributed by atoms with Gasteiger partial charge in [0, 0.05) is 24.9 Å². The predicted molar refractivity (Wildman–Crippen MR) is 122 cm³/mol. The zero-order valence-corrected chi connectivity index (χ0v) is 19.1. The van der Waals surface area contributed by atoms with Gasteiger partial charge in [-0.2, -0.15) is 0 Å². The number of hydrogen-bond donors (Lipinski definition) is 1. The zero-order valence-electron chi connectivity index (χ0n) is 19.1. The fourth-order valence-electron chi connectivity index (χ4n) is 5.01. The number of benzene rings is 1. The molecule has 168 valence electrons. The summed E-state index contributed by atoms with van der Waals surface area (Å²) in [5.41, 5.74) is 0.111. The van der Waals surface area contributed by atoms with Crippen molar-refractivity contribution in [1.82, 2.24) is 4.90 Å². The van der Waals surface area contributed by atoms with E-state index < -0.39 is 5.60 Å². The Bertz CT molecular complexity index is 659. The molecule has 5 nitrogen and oxygen atoms in total. The van der Waals surface area contributed by atoms with Crippen molar-refractivity contribution in [1.29, 1.82) is 0 Å². The van der Waals surface area contributed by atoms with E-state index in [0.717, 1.165) is 50.3 Å². The number of carbonyl (C=O) groups is 1. The molecular formula is C25H40N2O3. The van der Waals surface area contributed by atoms with Gasteiger partial charge in [-0.3, -0.25) is 4.79 Å². The summed E-state index contributed by atoms with van der Waals surface area (Å²) in [6.45, 7) is 10.1. The number of amides is 1. The number of anilines is 1. The second kappa shape index (κ2) is 11.1. The SMILES string of the molecule is CCO[C@]1(C(=O)Nc2ccc(OCCCN3CCCC[C@@H]3C)cc2)CCC[C@@H](C)C1. The first-order valence-corrected chi connectivity index (χ1v) is 11.9. The standard InChI is InChI=1S/C25H40N2O3/c1-4-30-25(15-7-9-20(2)19-25)24(28)26-22-11-13-23(14-12-22)29-18-8-17-27-16-6-5-10-21(27)3/h11-14,20-21H,4-10,15-19H2,1-3H3,(H,26,28)/t20-,21+,25-/m1/s1. The summed E-state index contributed by atoms with van der Waals surface area (Å²) in [5, 5.41) is 3.07. The summed E-state index contributed by atoms with van der Waals surface area (Å²) < 4.78 is 11.9. The summed E-state index contributed by atoms with van der Waals surface area (Å²) in [4.78, 5) is 15.6. The third-order valence-electron chi connectivity index (χ3n) is 6.70. The lowest BCUT2D eigenvalue weighted by atomic mass is 9.78. The van der Waals surface area contributed by atoms with Gasteiger partial charge in [0.05, 0.1) is 6.61 Å². The van der Waals surface area contributed by atoms with Gasteiger partial charge in [0.25, 0.3) is 5.91 Å². The highest BCUT2D eigenvalue weighted by Gasteiger charge is 2.42. The molecular weight excluding hydrogens is 376 g/mol. The van der Waals surface area contributed by atoms with E-state index in [1.807, 2.05) is 31.2 Å². The Morgan fingerprint density at radius 1 is 1.17 bits per heavy atom. The van der Waals surface area contributed by atoms with E-state index in [-0.39, 0.29) is 5.91 Å². The van der Waals surface area contributed by atoms with E-state index in [0.29, 0.717) is 18.6 Å². The van der Waals surface area contributed by atoms with Crippen LogP contribution in [0.3, 0.4) is 0 Å². The molecule has 5 heteroatoms. The second-order valence-electron chi connectivity index (χ2n) is 9.19. The molecule has 2 fully saturated rings. The average molecular weight is 417 g/mol. The average Bonchev–Trinajstić information content (AvgIpc) is 2.74. The van der Waals surface area contributed by atoms with Crippen molar-refractivity contribution in [2.24, 2.45) is 5.92 Å². The van der Waals surface area contributed by atoms with Gasteiger partial charge in [-0.05, 0) is 89.1 Å². The molecule has 1 N–H and O–H groups in total. The molecule has 0 spiro atoms. The predicted octanol–water partition coefficient (Wildman–Crippen LogP) is 5.25. The number of rotatable bonds is 9. The van der Waals surface area contributed by atoms with Crippen LogP contribution in [0.1, 0.15) is 72.1 Å². The minimum Gasteiger partial charge on any atom is -0.494 e. The summed E-state index contributed by atoms with van der Waals surface area (Å²) >= 11 is 0. The van der Waals surface area contributed by atoms with E-state index in [4.69, 9.17) is 9.47 Å². The fourth-order valence-corrected chi connectivity index (χ4v) is 5.01. The molecule has 3 atom stereocenters. The first-order valence-electron chi connectivity index (χ1n) is 11.9. The molecule has 1 aliphatic carbocycles. The van der Waals surface area contributed by atoms with Gasteiger partial charge in [-0.15, -0.1) is 0 Å². The Morgan fingerprint density at radius 2 is 1.97 bits per heavy atom. The third kappa shape index (κ3) is 6.21. The molecule has 30 heavy (non-hydrogen) atoms. The molecule has 1 aliphatic heterocycles. The van der Waals surface area contributed by atoms with Crippen molar-refractivity contribution >= 4 is 11.6 Å². The number of carbonyl (C=O) groups excluding carboxylic acids is 1. The van der Waals surface area contributed by atoms with Gasteiger partial charge in [-0.25, -0.2) is 0 Å². The lowest BCUT2D eigenvalue weighted by Crippen LogP contribution is -2.48. The van der Waals surface area contributed by atoms with Crippen molar-refractivity contribution in [3.05, 3.63) is 24.3 Å². The number of ether oxygens (including phenoxy) is 2. The largest absolute Gasteiger partial charge is 0.494 e. The third-order valence-corrected chi connectivity index (χ3v) is 6.70. The number of nitrogens with zero attached hydrogens (tertiary/aromatic N) is 1. The monoisotopic (exact) mass is 416 g/mol. The second-order valence-corrected chi connectivity index (χ2v) is 9.19. The number of hydrogen-bond acceptors (Lipinski definition) is 4. The first kappa shape index (κ1) is 23.1. The highest BCUT2D eigenvalue weighted by atomic mass is 16.5. The molecule has 1 amide bonds. The molecule has 0 unspecified atom stereocenters. The van der Waals surface area contributed by atoms with Crippen LogP contribution in [0, 0.1) is 5.92 Å². The molecule has 1 saturated heterocycles. The van der Waals surface area contributed by atoms with Gasteiger partial charge in [0.15, 0.2) is 0 Å². The van der Waals surface area contributed by atoms with Crippen molar-refractivity contribution in [3.63, 3.8) is 0 Å². The molecule has 0 bridgehead atoms. The molecule has 1 aromatic rings. The van der Waals surface area contributed by atoms with Gasteiger partial charge in [0.1, 0.15) is 11.4 Å². The molecule has 3 rings (SSSR count). The normalized spacial score (nSPS) is 27.6. The van der Waals surface area contributed by atoms with Crippen LogP contribution in [-0.4, -0.2) is 48.8 Å². The van der Waals surface area contributed by atoms with Crippen LogP contribution in [0.25, 0.3) is 0 Å². The highest BCUT2D eigenvalue weighted by molar-refractivity contribution is 5.97. The Kier molecular flexibility index (Phi) is 8.58. The van der Waals surface area contributed by atoms with Crippen molar-refractivity contribution < 1.29 is 14.3 Å². The maximum absolute atomic E-state index is 13.0. The van der Waals surface area contributed by atoms with Crippen molar-refractivity contribution in [2.45, 2.75) is 83.8 Å². The van der Waals surface area contributed by atoms with Crippen LogP contribution < -0.4 is 10.1 Å². The van der Waals surface area contributed by atoms with Crippen LogP contribution in [0.4, 0.5) is 5.69 Å². The molecule has 0 aromatic heterocycles. The minimum atomic E-state index is -0.687. The lowest BCUT2D eigenvalue weighted by Gasteiger charge is -2.38. The maximum Gasteiger partial charge on any atom is 0.256 e. The van der Waals surface area contributed by atoms with E-state index >= 15 is 0 Å². The highest BCUT2D eigenvalue weighted by Crippen LogP contribution is 2.36. The first-order chi connectivity index (χ1) is 14.5.